The SMILES string of the molecule is Cc1cccc(CCS(=O)(=O)NC2=CC(C=CCCCC(=O)O)CC2)c1. The first kappa shape index (κ1) is 20.2. The van der Waals surface area contributed by atoms with Gasteiger partial charge in [0.25, 0.3) is 0 Å². The zero-order chi connectivity index (χ0) is 19.0. The largest absolute Gasteiger partial charge is 0.481 e. The monoisotopic (exact) mass is 377 g/mol. The number of benzene rings is 1. The number of nitrogens with one attached hydrogen (secondary N) is 1. The van der Waals surface area contributed by atoms with Gasteiger partial charge in [0.2, 0.25) is 10.0 Å². The Morgan fingerprint density at radius 2 is 2.19 bits per heavy atom. The molecule has 5 nitrogen and oxygen atoms in total. The fraction of sp³-hybridized carbons (Fsp3) is 0.450. The first-order valence-corrected chi connectivity index (χ1v) is 10.6. The molecule has 0 amide bonds. The highest BCUT2D eigenvalue weighted by Crippen LogP contribution is 2.24. The summed E-state index contributed by atoms with van der Waals surface area (Å²) in [6, 6.07) is 7.89. The van der Waals surface area contributed by atoms with Gasteiger partial charge < -0.3 is 5.11 Å². The van der Waals surface area contributed by atoms with Crippen molar-refractivity contribution in [3.63, 3.8) is 0 Å². The average Bonchev–Trinajstić information content (AvgIpc) is 2.99. The molecule has 1 aliphatic carbocycles. The van der Waals surface area contributed by atoms with Crippen molar-refractivity contribution in [1.82, 2.24) is 4.72 Å². The van der Waals surface area contributed by atoms with E-state index in [2.05, 4.69) is 4.72 Å². The topological polar surface area (TPSA) is 83.5 Å². The summed E-state index contributed by atoms with van der Waals surface area (Å²) in [4.78, 5) is 10.5. The lowest BCUT2D eigenvalue weighted by atomic mass is 10.1. The van der Waals surface area contributed by atoms with Crippen LogP contribution in [0.4, 0.5) is 0 Å². The normalized spacial score (nSPS) is 17.4. The number of sulfonamides is 1. The lowest BCUT2D eigenvalue weighted by Crippen LogP contribution is -2.26. The molecule has 6 heteroatoms. The van der Waals surface area contributed by atoms with Crippen molar-refractivity contribution >= 4 is 16.0 Å². The van der Waals surface area contributed by atoms with E-state index < -0.39 is 16.0 Å². The van der Waals surface area contributed by atoms with Crippen molar-refractivity contribution in [2.75, 3.05) is 5.75 Å². The fourth-order valence-corrected chi connectivity index (χ4v) is 4.17. The van der Waals surface area contributed by atoms with Gasteiger partial charge in [-0.2, -0.15) is 0 Å². The average molecular weight is 378 g/mol. The smallest absolute Gasteiger partial charge is 0.303 e. The van der Waals surface area contributed by atoms with E-state index in [-0.39, 0.29) is 18.1 Å². The maximum atomic E-state index is 12.3. The second-order valence-corrected chi connectivity index (χ2v) is 8.61. The van der Waals surface area contributed by atoms with Gasteiger partial charge in [-0.3, -0.25) is 9.52 Å². The quantitative estimate of drug-likeness (QED) is 0.482. The minimum absolute atomic E-state index is 0.0729. The van der Waals surface area contributed by atoms with Crippen LogP contribution in [0.15, 0.2) is 48.2 Å². The van der Waals surface area contributed by atoms with Gasteiger partial charge in [0.1, 0.15) is 0 Å². The number of hydrogen-bond acceptors (Lipinski definition) is 3. The number of aliphatic carboxylic acids is 1. The van der Waals surface area contributed by atoms with Crippen molar-refractivity contribution in [3.05, 3.63) is 59.3 Å². The number of carboxylic acids is 1. The van der Waals surface area contributed by atoms with Crippen molar-refractivity contribution in [2.45, 2.75) is 45.4 Å². The number of unbranched alkanes of at least 4 members (excludes halogenated alkanes) is 1. The third-order valence-electron chi connectivity index (χ3n) is 4.34. The van der Waals surface area contributed by atoms with Crippen LogP contribution in [0.3, 0.4) is 0 Å². The molecule has 1 aromatic carbocycles. The molecule has 0 saturated heterocycles. The van der Waals surface area contributed by atoms with Crippen molar-refractivity contribution in [3.8, 4) is 0 Å². The van der Waals surface area contributed by atoms with Gasteiger partial charge in [0.15, 0.2) is 0 Å². The lowest BCUT2D eigenvalue weighted by Gasteiger charge is -2.08. The summed E-state index contributed by atoms with van der Waals surface area (Å²) in [5.41, 5.74) is 2.91. The molecule has 1 unspecified atom stereocenters. The Balaban J connectivity index is 1.79. The fourth-order valence-electron chi connectivity index (χ4n) is 3.00. The first-order chi connectivity index (χ1) is 12.3. The molecule has 26 heavy (non-hydrogen) atoms. The van der Waals surface area contributed by atoms with Gasteiger partial charge in [-0.1, -0.05) is 48.1 Å². The Morgan fingerprint density at radius 3 is 2.92 bits per heavy atom. The van der Waals surface area contributed by atoms with Crippen molar-refractivity contribution in [2.24, 2.45) is 5.92 Å². The maximum absolute atomic E-state index is 12.3. The number of carbonyl (C=O) groups is 1. The Kier molecular flexibility index (Phi) is 7.45. The zero-order valence-electron chi connectivity index (χ0n) is 15.1. The van der Waals surface area contributed by atoms with Crippen LogP contribution in [0.2, 0.25) is 0 Å². The summed E-state index contributed by atoms with van der Waals surface area (Å²) in [6.07, 6.45) is 9.61. The van der Waals surface area contributed by atoms with Gasteiger partial charge in [-0.25, -0.2) is 8.42 Å². The minimum atomic E-state index is -3.35. The predicted molar refractivity (Wildman–Crippen MR) is 103 cm³/mol. The van der Waals surface area contributed by atoms with E-state index in [1.165, 1.54) is 0 Å². The number of hydrogen-bond donors (Lipinski definition) is 2. The van der Waals surface area contributed by atoms with Crippen LogP contribution in [-0.4, -0.2) is 25.2 Å². The van der Waals surface area contributed by atoms with E-state index in [0.717, 1.165) is 29.7 Å². The molecule has 0 radical (unpaired) electrons. The Morgan fingerprint density at radius 1 is 1.38 bits per heavy atom. The minimum Gasteiger partial charge on any atom is -0.481 e. The zero-order valence-corrected chi connectivity index (χ0v) is 16.0. The van der Waals surface area contributed by atoms with Gasteiger partial charge in [0, 0.05) is 12.1 Å². The summed E-state index contributed by atoms with van der Waals surface area (Å²) < 4.78 is 27.3. The highest BCUT2D eigenvalue weighted by atomic mass is 32.2. The number of aryl methyl sites for hydroxylation is 2. The summed E-state index contributed by atoms with van der Waals surface area (Å²) in [7, 11) is -3.35. The number of rotatable bonds is 10. The molecule has 0 spiro atoms. The van der Waals surface area contributed by atoms with Crippen LogP contribution in [0.1, 0.15) is 43.2 Å². The molecule has 1 aromatic rings. The summed E-state index contributed by atoms with van der Waals surface area (Å²) in [6.45, 7) is 1.99. The highest BCUT2D eigenvalue weighted by molar-refractivity contribution is 7.89. The number of carboxylic acid groups (broad SMARTS) is 1. The molecule has 0 aliphatic heterocycles. The van der Waals surface area contributed by atoms with Gasteiger partial charge in [-0.15, -0.1) is 0 Å². The van der Waals surface area contributed by atoms with E-state index in [9.17, 15) is 13.2 Å². The second-order valence-electron chi connectivity index (χ2n) is 6.77. The Hall–Kier alpha value is -2.08. The van der Waals surface area contributed by atoms with Crippen LogP contribution in [0.25, 0.3) is 0 Å². The standard InChI is InChI=1S/C20H27NO4S/c1-16-6-5-8-18(14-16)12-13-26(24,25)21-19-11-10-17(15-19)7-3-2-4-9-20(22)23/h3,5-8,14-15,17,21H,2,4,9-13H2,1H3,(H,22,23). The molecule has 0 aromatic heterocycles. The van der Waals surface area contributed by atoms with Crippen molar-refractivity contribution in [1.29, 1.82) is 0 Å². The van der Waals surface area contributed by atoms with E-state index >= 15 is 0 Å². The molecule has 0 saturated carbocycles. The Bertz CT molecular complexity index is 781. The van der Waals surface area contributed by atoms with Crippen LogP contribution in [0, 0.1) is 12.8 Å². The highest BCUT2D eigenvalue weighted by Gasteiger charge is 2.18. The van der Waals surface area contributed by atoms with Crippen LogP contribution < -0.4 is 4.72 Å². The van der Waals surface area contributed by atoms with Gasteiger partial charge >= 0.3 is 5.97 Å². The third kappa shape index (κ3) is 7.44. The van der Waals surface area contributed by atoms with Crippen molar-refractivity contribution < 1.29 is 18.3 Å². The van der Waals surface area contributed by atoms with Gasteiger partial charge in [0.05, 0.1) is 5.75 Å². The van der Waals surface area contributed by atoms with E-state index in [4.69, 9.17) is 5.11 Å². The lowest BCUT2D eigenvalue weighted by molar-refractivity contribution is -0.137. The predicted octanol–water partition coefficient (Wildman–Crippen LogP) is 3.56. The molecule has 0 fully saturated rings. The molecule has 0 bridgehead atoms. The second kappa shape index (κ2) is 9.57. The molecule has 1 aliphatic rings. The summed E-state index contributed by atoms with van der Waals surface area (Å²) >= 11 is 0. The van der Waals surface area contributed by atoms with E-state index in [1.807, 2.05) is 49.4 Å². The maximum Gasteiger partial charge on any atom is 0.303 e. The molecule has 1 atom stereocenters. The third-order valence-corrected chi connectivity index (χ3v) is 5.65. The molecular formula is C20H27NO4S. The van der Waals surface area contributed by atoms with E-state index in [0.29, 0.717) is 19.3 Å². The summed E-state index contributed by atoms with van der Waals surface area (Å²) in [5, 5.41) is 8.60. The van der Waals surface area contributed by atoms with Crippen LogP contribution in [0.5, 0.6) is 0 Å². The molecule has 142 valence electrons. The molecule has 2 N–H and O–H groups in total. The van der Waals surface area contributed by atoms with Gasteiger partial charge in [-0.05, 0) is 50.5 Å². The molecular weight excluding hydrogens is 350 g/mol. The first-order valence-electron chi connectivity index (χ1n) is 8.99. The number of allylic oxidation sites excluding steroid dienone is 4. The molecule has 2 rings (SSSR count). The summed E-state index contributed by atoms with van der Waals surface area (Å²) in [5.74, 6) is -0.487. The Labute approximate surface area is 155 Å². The van der Waals surface area contributed by atoms with Crippen LogP contribution in [-0.2, 0) is 21.2 Å². The molecule has 0 heterocycles. The van der Waals surface area contributed by atoms with E-state index in [1.54, 1.807) is 0 Å². The van der Waals surface area contributed by atoms with Crippen LogP contribution >= 0.6 is 0 Å².